The highest BCUT2D eigenvalue weighted by molar-refractivity contribution is 7.15. The van der Waals surface area contributed by atoms with Crippen LogP contribution in [0.15, 0.2) is 6.20 Å². The highest BCUT2D eigenvalue weighted by atomic mass is 32.1. The van der Waals surface area contributed by atoms with E-state index in [0.717, 1.165) is 51.2 Å². The van der Waals surface area contributed by atoms with Crippen molar-refractivity contribution in [1.82, 2.24) is 10.3 Å². The molecule has 1 N–H and O–H groups in total. The Morgan fingerprint density at radius 2 is 1.81 bits per heavy atom. The van der Waals surface area contributed by atoms with Crippen LogP contribution in [0.4, 0.5) is 5.13 Å². The summed E-state index contributed by atoms with van der Waals surface area (Å²) in [5.74, 6) is 0. The topological polar surface area (TPSA) is 46.6 Å². The van der Waals surface area contributed by atoms with Crippen molar-refractivity contribution < 1.29 is 9.47 Å². The van der Waals surface area contributed by atoms with E-state index in [9.17, 15) is 0 Å². The minimum absolute atomic E-state index is 0.349. The molecule has 122 valence electrons. The third kappa shape index (κ3) is 6.74. The summed E-state index contributed by atoms with van der Waals surface area (Å²) >= 11 is 1.75. The number of nitrogens with one attached hydrogen (secondary N) is 1. The van der Waals surface area contributed by atoms with E-state index in [0.29, 0.717) is 6.04 Å². The molecule has 0 aliphatic carbocycles. The quantitative estimate of drug-likeness (QED) is 0.601. The predicted molar refractivity (Wildman–Crippen MR) is 89.4 cm³/mol. The van der Waals surface area contributed by atoms with Crippen LogP contribution in [0.2, 0.25) is 0 Å². The molecule has 0 bridgehead atoms. The van der Waals surface area contributed by atoms with E-state index in [1.54, 1.807) is 11.3 Å². The molecule has 1 unspecified atom stereocenters. The zero-order valence-corrected chi connectivity index (χ0v) is 14.5. The van der Waals surface area contributed by atoms with Crippen LogP contribution in [0.1, 0.15) is 38.6 Å². The van der Waals surface area contributed by atoms with E-state index in [4.69, 9.17) is 9.47 Å². The second kappa shape index (κ2) is 11.0. The number of hydrogen-bond acceptors (Lipinski definition) is 6. The summed E-state index contributed by atoms with van der Waals surface area (Å²) in [6.45, 7) is 13.9. The summed E-state index contributed by atoms with van der Waals surface area (Å²) in [4.78, 5) is 8.09. The number of ether oxygens (including phenoxy) is 2. The van der Waals surface area contributed by atoms with Gasteiger partial charge in [0.2, 0.25) is 0 Å². The van der Waals surface area contributed by atoms with Gasteiger partial charge in [-0.1, -0.05) is 6.92 Å². The fourth-order valence-electron chi connectivity index (χ4n) is 1.97. The summed E-state index contributed by atoms with van der Waals surface area (Å²) in [6.07, 6.45) is 1.97. The van der Waals surface area contributed by atoms with Crippen LogP contribution >= 0.6 is 11.3 Å². The molecule has 0 saturated heterocycles. The average molecular weight is 315 g/mol. The first-order chi connectivity index (χ1) is 10.2. The number of hydrogen-bond donors (Lipinski definition) is 1. The van der Waals surface area contributed by atoms with Gasteiger partial charge in [0.1, 0.15) is 0 Å². The first kappa shape index (κ1) is 18.4. The van der Waals surface area contributed by atoms with Crippen LogP contribution in [0, 0.1) is 0 Å². The molecule has 6 heteroatoms. The molecular weight excluding hydrogens is 286 g/mol. The molecule has 5 nitrogen and oxygen atoms in total. The number of nitrogens with zero attached hydrogens (tertiary/aromatic N) is 2. The number of thiazole rings is 1. The van der Waals surface area contributed by atoms with Gasteiger partial charge in [0.15, 0.2) is 5.13 Å². The van der Waals surface area contributed by atoms with E-state index >= 15 is 0 Å². The van der Waals surface area contributed by atoms with Gasteiger partial charge in [-0.25, -0.2) is 4.98 Å². The highest BCUT2D eigenvalue weighted by Gasteiger charge is 2.14. The van der Waals surface area contributed by atoms with Gasteiger partial charge >= 0.3 is 0 Å². The molecular formula is C15H29N3O2S. The molecule has 0 radical (unpaired) electrons. The Kier molecular flexibility index (Phi) is 9.58. The van der Waals surface area contributed by atoms with Gasteiger partial charge in [-0.3, -0.25) is 0 Å². The van der Waals surface area contributed by atoms with Crippen molar-refractivity contribution in [2.75, 3.05) is 51.0 Å². The molecule has 0 aliphatic rings. The van der Waals surface area contributed by atoms with Gasteiger partial charge in [-0.15, -0.1) is 11.3 Å². The van der Waals surface area contributed by atoms with Gasteiger partial charge in [0.05, 0.1) is 13.2 Å². The molecule has 1 atom stereocenters. The molecule has 1 heterocycles. The lowest BCUT2D eigenvalue weighted by Crippen LogP contribution is -2.31. The van der Waals surface area contributed by atoms with E-state index < -0.39 is 0 Å². The third-order valence-corrected chi connectivity index (χ3v) is 4.38. The second-order valence-corrected chi connectivity index (χ2v) is 5.75. The summed E-state index contributed by atoms with van der Waals surface area (Å²) in [5.41, 5.74) is 0. The summed E-state index contributed by atoms with van der Waals surface area (Å²) in [7, 11) is 0. The fourth-order valence-corrected chi connectivity index (χ4v) is 2.96. The minimum atomic E-state index is 0.349. The van der Waals surface area contributed by atoms with E-state index in [1.807, 2.05) is 20.0 Å². The number of anilines is 1. The normalized spacial score (nSPS) is 12.6. The van der Waals surface area contributed by atoms with Crippen molar-refractivity contribution in [2.24, 2.45) is 0 Å². The van der Waals surface area contributed by atoms with Crippen molar-refractivity contribution in [2.45, 2.75) is 33.7 Å². The Balaban J connectivity index is 2.62. The molecule has 0 saturated carbocycles. The van der Waals surface area contributed by atoms with Crippen LogP contribution in [0.25, 0.3) is 0 Å². The number of aromatic nitrogens is 1. The zero-order chi connectivity index (χ0) is 15.5. The van der Waals surface area contributed by atoms with Gasteiger partial charge < -0.3 is 19.7 Å². The Hall–Kier alpha value is -0.690. The fraction of sp³-hybridized carbons (Fsp3) is 0.800. The highest BCUT2D eigenvalue weighted by Crippen LogP contribution is 2.26. The molecule has 21 heavy (non-hydrogen) atoms. The molecule has 0 amide bonds. The smallest absolute Gasteiger partial charge is 0.185 e. The van der Waals surface area contributed by atoms with Crippen LogP contribution < -0.4 is 10.2 Å². The Morgan fingerprint density at radius 3 is 2.33 bits per heavy atom. The van der Waals surface area contributed by atoms with Crippen molar-refractivity contribution in [3.05, 3.63) is 11.1 Å². The van der Waals surface area contributed by atoms with Crippen LogP contribution in [0.3, 0.4) is 0 Å². The van der Waals surface area contributed by atoms with Gasteiger partial charge in [-0.05, 0) is 27.3 Å². The lowest BCUT2D eigenvalue weighted by molar-refractivity contribution is 0.141. The molecule has 1 rings (SSSR count). The van der Waals surface area contributed by atoms with Crippen LogP contribution in [-0.4, -0.2) is 51.0 Å². The van der Waals surface area contributed by atoms with Crippen LogP contribution in [-0.2, 0) is 9.47 Å². The Morgan fingerprint density at radius 1 is 1.19 bits per heavy atom. The molecule has 0 fully saturated rings. The molecule has 0 spiro atoms. The molecule has 1 aromatic heterocycles. The van der Waals surface area contributed by atoms with Crippen molar-refractivity contribution >= 4 is 16.5 Å². The zero-order valence-electron chi connectivity index (χ0n) is 13.7. The summed E-state index contributed by atoms with van der Waals surface area (Å²) in [6, 6.07) is 0.349. The van der Waals surface area contributed by atoms with Crippen molar-refractivity contribution in [3.63, 3.8) is 0 Å². The second-order valence-electron chi connectivity index (χ2n) is 4.71. The maximum Gasteiger partial charge on any atom is 0.185 e. The standard InChI is InChI=1S/C15H29N3O2S/c1-5-16-13(4)14-12-17-15(21-14)18(8-10-19-6-2)9-11-20-7-3/h12-13,16H,5-11H2,1-4H3. The maximum absolute atomic E-state index is 5.47. The largest absolute Gasteiger partial charge is 0.380 e. The monoisotopic (exact) mass is 315 g/mol. The Labute approximate surface area is 132 Å². The van der Waals surface area contributed by atoms with E-state index in [2.05, 4.69) is 29.0 Å². The van der Waals surface area contributed by atoms with E-state index in [1.165, 1.54) is 4.88 Å². The van der Waals surface area contributed by atoms with Gasteiger partial charge in [0, 0.05) is 43.4 Å². The van der Waals surface area contributed by atoms with Gasteiger partial charge in [0.25, 0.3) is 0 Å². The van der Waals surface area contributed by atoms with Crippen LogP contribution in [0.5, 0.6) is 0 Å². The third-order valence-electron chi connectivity index (χ3n) is 3.14. The lowest BCUT2D eigenvalue weighted by atomic mass is 10.3. The van der Waals surface area contributed by atoms with Gasteiger partial charge in [-0.2, -0.15) is 0 Å². The first-order valence-electron chi connectivity index (χ1n) is 7.82. The Bertz CT molecular complexity index is 364. The first-order valence-corrected chi connectivity index (χ1v) is 8.64. The lowest BCUT2D eigenvalue weighted by Gasteiger charge is -2.21. The summed E-state index contributed by atoms with van der Waals surface area (Å²) < 4.78 is 10.9. The molecule has 0 aromatic carbocycles. The predicted octanol–water partition coefficient (Wildman–Crippen LogP) is 2.69. The average Bonchev–Trinajstić information content (AvgIpc) is 2.96. The van der Waals surface area contributed by atoms with Crippen molar-refractivity contribution in [3.8, 4) is 0 Å². The number of rotatable bonds is 12. The molecule has 1 aromatic rings. The SMILES string of the molecule is CCNC(C)c1cnc(N(CCOCC)CCOCC)s1. The van der Waals surface area contributed by atoms with E-state index in [-0.39, 0.29) is 0 Å². The van der Waals surface area contributed by atoms with Crippen molar-refractivity contribution in [1.29, 1.82) is 0 Å². The maximum atomic E-state index is 5.47. The summed E-state index contributed by atoms with van der Waals surface area (Å²) in [5, 5.41) is 4.47. The molecule has 0 aliphatic heterocycles. The minimum Gasteiger partial charge on any atom is -0.380 e.